The van der Waals surface area contributed by atoms with E-state index in [1.807, 2.05) is 56.3 Å². The van der Waals surface area contributed by atoms with E-state index in [0.717, 1.165) is 22.4 Å². The fourth-order valence-corrected chi connectivity index (χ4v) is 1.88. The molecule has 0 atom stereocenters. The summed E-state index contributed by atoms with van der Waals surface area (Å²) in [6.07, 6.45) is 3.26. The zero-order valence-corrected chi connectivity index (χ0v) is 11.7. The zero-order valence-electron chi connectivity index (χ0n) is 11.7. The maximum Gasteiger partial charge on any atom is 0.248 e. The number of carbonyl (C=O) groups is 1. The summed E-state index contributed by atoms with van der Waals surface area (Å²) >= 11 is 0. The van der Waals surface area contributed by atoms with E-state index in [1.54, 1.807) is 6.08 Å². The lowest BCUT2D eigenvalue weighted by Gasteiger charge is -2.07. The molecule has 0 heterocycles. The van der Waals surface area contributed by atoms with Gasteiger partial charge in [-0.3, -0.25) is 4.79 Å². The van der Waals surface area contributed by atoms with Gasteiger partial charge >= 0.3 is 0 Å². The van der Waals surface area contributed by atoms with Gasteiger partial charge < -0.3 is 11.1 Å². The Labute approximate surface area is 119 Å². The first kappa shape index (κ1) is 13.9. The Hall–Kier alpha value is -2.55. The summed E-state index contributed by atoms with van der Waals surface area (Å²) in [4.78, 5) is 11.9. The van der Waals surface area contributed by atoms with Gasteiger partial charge in [0.2, 0.25) is 5.91 Å². The molecule has 0 aliphatic heterocycles. The molecule has 1 amide bonds. The molecule has 2 rings (SSSR count). The molecular weight excluding hydrogens is 248 g/mol. The summed E-state index contributed by atoms with van der Waals surface area (Å²) in [5.74, 6) is -0.152. The SMILES string of the molecule is Cc1ccc(C)c(NC(=O)/C=C/c2cccc(N)c2)c1. The average Bonchev–Trinajstić information content (AvgIpc) is 2.41. The van der Waals surface area contributed by atoms with Gasteiger partial charge in [-0.05, 0) is 54.8 Å². The third-order valence-electron chi connectivity index (χ3n) is 2.99. The van der Waals surface area contributed by atoms with E-state index in [0.29, 0.717) is 5.69 Å². The fraction of sp³-hybridized carbons (Fsp3) is 0.118. The fourth-order valence-electron chi connectivity index (χ4n) is 1.88. The minimum atomic E-state index is -0.152. The maximum atomic E-state index is 11.9. The van der Waals surface area contributed by atoms with Crippen LogP contribution in [0.4, 0.5) is 11.4 Å². The molecule has 0 aliphatic carbocycles. The van der Waals surface area contributed by atoms with Crippen molar-refractivity contribution < 1.29 is 4.79 Å². The summed E-state index contributed by atoms with van der Waals surface area (Å²) in [5, 5.41) is 2.88. The highest BCUT2D eigenvalue weighted by Crippen LogP contribution is 2.16. The van der Waals surface area contributed by atoms with Crippen molar-refractivity contribution in [2.45, 2.75) is 13.8 Å². The molecule has 0 saturated heterocycles. The molecule has 0 aliphatic rings. The standard InChI is InChI=1S/C17H18N2O/c1-12-6-7-13(2)16(10-12)19-17(20)9-8-14-4-3-5-15(18)11-14/h3-11H,18H2,1-2H3,(H,19,20)/b9-8+. The minimum Gasteiger partial charge on any atom is -0.399 e. The van der Waals surface area contributed by atoms with Gasteiger partial charge in [-0.15, -0.1) is 0 Å². The second kappa shape index (κ2) is 6.06. The number of nitrogens with one attached hydrogen (secondary N) is 1. The van der Waals surface area contributed by atoms with Crippen molar-refractivity contribution in [1.82, 2.24) is 0 Å². The molecule has 0 unspecified atom stereocenters. The molecule has 3 N–H and O–H groups in total. The Morgan fingerprint density at radius 1 is 1.15 bits per heavy atom. The van der Waals surface area contributed by atoms with Crippen LogP contribution >= 0.6 is 0 Å². The zero-order chi connectivity index (χ0) is 14.5. The average molecular weight is 266 g/mol. The van der Waals surface area contributed by atoms with E-state index in [9.17, 15) is 4.79 Å². The Morgan fingerprint density at radius 2 is 1.95 bits per heavy atom. The summed E-state index contributed by atoms with van der Waals surface area (Å²) in [6.45, 7) is 3.97. The van der Waals surface area contributed by atoms with E-state index >= 15 is 0 Å². The van der Waals surface area contributed by atoms with Gasteiger partial charge in [0, 0.05) is 17.5 Å². The van der Waals surface area contributed by atoms with Crippen LogP contribution in [0.5, 0.6) is 0 Å². The summed E-state index contributed by atoms with van der Waals surface area (Å²) in [7, 11) is 0. The van der Waals surface area contributed by atoms with Crippen LogP contribution < -0.4 is 11.1 Å². The molecule has 3 heteroatoms. The Morgan fingerprint density at radius 3 is 2.70 bits per heavy atom. The number of nitrogens with two attached hydrogens (primary N) is 1. The van der Waals surface area contributed by atoms with Crippen molar-refractivity contribution in [2.24, 2.45) is 0 Å². The number of hydrogen-bond acceptors (Lipinski definition) is 2. The van der Waals surface area contributed by atoms with Gasteiger partial charge in [0.15, 0.2) is 0 Å². The highest BCUT2D eigenvalue weighted by Gasteiger charge is 2.01. The lowest BCUT2D eigenvalue weighted by Crippen LogP contribution is -2.09. The monoisotopic (exact) mass is 266 g/mol. The molecule has 3 nitrogen and oxygen atoms in total. The van der Waals surface area contributed by atoms with Crippen LogP contribution in [-0.2, 0) is 4.79 Å². The van der Waals surface area contributed by atoms with Crippen LogP contribution in [0.2, 0.25) is 0 Å². The number of anilines is 2. The molecule has 0 spiro atoms. The number of hydrogen-bond donors (Lipinski definition) is 2. The largest absolute Gasteiger partial charge is 0.399 e. The van der Waals surface area contributed by atoms with Gasteiger partial charge in [0.25, 0.3) is 0 Å². The molecule has 2 aromatic carbocycles. The first-order chi connectivity index (χ1) is 9.54. The third-order valence-corrected chi connectivity index (χ3v) is 2.99. The van der Waals surface area contributed by atoms with Gasteiger partial charge in [-0.1, -0.05) is 24.3 Å². The van der Waals surface area contributed by atoms with Crippen LogP contribution in [0.15, 0.2) is 48.5 Å². The molecule has 20 heavy (non-hydrogen) atoms. The topological polar surface area (TPSA) is 55.1 Å². The minimum absolute atomic E-state index is 0.152. The van der Waals surface area contributed by atoms with Crippen LogP contribution in [0.1, 0.15) is 16.7 Å². The molecular formula is C17H18N2O. The number of benzene rings is 2. The van der Waals surface area contributed by atoms with Crippen molar-refractivity contribution in [3.05, 3.63) is 65.2 Å². The molecule has 2 aromatic rings. The van der Waals surface area contributed by atoms with Crippen molar-refractivity contribution in [2.75, 3.05) is 11.1 Å². The van der Waals surface area contributed by atoms with Crippen LogP contribution in [0.25, 0.3) is 6.08 Å². The van der Waals surface area contributed by atoms with Crippen molar-refractivity contribution >= 4 is 23.4 Å². The van der Waals surface area contributed by atoms with E-state index < -0.39 is 0 Å². The number of aryl methyl sites for hydroxylation is 2. The lowest BCUT2D eigenvalue weighted by molar-refractivity contribution is -0.111. The van der Waals surface area contributed by atoms with E-state index in [2.05, 4.69) is 5.32 Å². The van der Waals surface area contributed by atoms with E-state index in [4.69, 9.17) is 5.73 Å². The second-order valence-corrected chi connectivity index (χ2v) is 4.81. The highest BCUT2D eigenvalue weighted by atomic mass is 16.1. The summed E-state index contributed by atoms with van der Waals surface area (Å²) in [5.41, 5.74) is 10.3. The van der Waals surface area contributed by atoms with Gasteiger partial charge in [0.05, 0.1) is 0 Å². The van der Waals surface area contributed by atoms with Gasteiger partial charge in [-0.2, -0.15) is 0 Å². The smallest absolute Gasteiger partial charge is 0.248 e. The first-order valence-corrected chi connectivity index (χ1v) is 6.46. The van der Waals surface area contributed by atoms with Gasteiger partial charge in [0.1, 0.15) is 0 Å². The number of rotatable bonds is 3. The maximum absolute atomic E-state index is 11.9. The quantitative estimate of drug-likeness (QED) is 0.659. The van der Waals surface area contributed by atoms with Crippen LogP contribution in [-0.4, -0.2) is 5.91 Å². The molecule has 102 valence electrons. The third kappa shape index (κ3) is 3.72. The Balaban J connectivity index is 2.07. The Kier molecular flexibility index (Phi) is 4.20. The molecule has 0 bridgehead atoms. The van der Waals surface area contributed by atoms with Crippen molar-refractivity contribution in [3.63, 3.8) is 0 Å². The van der Waals surface area contributed by atoms with Crippen LogP contribution in [0, 0.1) is 13.8 Å². The second-order valence-electron chi connectivity index (χ2n) is 4.81. The Bertz CT molecular complexity index is 660. The number of amides is 1. The normalized spacial score (nSPS) is 10.7. The molecule has 0 aromatic heterocycles. The number of nitrogen functional groups attached to an aromatic ring is 1. The van der Waals surface area contributed by atoms with E-state index in [-0.39, 0.29) is 5.91 Å². The van der Waals surface area contributed by atoms with Crippen molar-refractivity contribution in [3.8, 4) is 0 Å². The predicted molar refractivity (Wildman–Crippen MR) is 84.4 cm³/mol. The molecule has 0 saturated carbocycles. The van der Waals surface area contributed by atoms with E-state index in [1.165, 1.54) is 6.08 Å². The predicted octanol–water partition coefficient (Wildman–Crippen LogP) is 3.54. The summed E-state index contributed by atoms with van der Waals surface area (Å²) in [6, 6.07) is 13.4. The molecule has 0 fully saturated rings. The lowest BCUT2D eigenvalue weighted by atomic mass is 10.1. The summed E-state index contributed by atoms with van der Waals surface area (Å²) < 4.78 is 0. The number of carbonyl (C=O) groups excluding carboxylic acids is 1. The van der Waals surface area contributed by atoms with Crippen molar-refractivity contribution in [1.29, 1.82) is 0 Å². The van der Waals surface area contributed by atoms with Gasteiger partial charge in [-0.25, -0.2) is 0 Å². The highest BCUT2D eigenvalue weighted by molar-refractivity contribution is 6.02. The first-order valence-electron chi connectivity index (χ1n) is 6.46. The van der Waals surface area contributed by atoms with Crippen LogP contribution in [0.3, 0.4) is 0 Å². The molecule has 0 radical (unpaired) electrons.